The molecule has 0 bridgehead atoms. The predicted molar refractivity (Wildman–Crippen MR) is 53.4 cm³/mol. The molecule has 1 aromatic heterocycles. The SMILES string of the molecule is N#CC1CNCC1c1ccnc(N)c1. The molecule has 1 aliphatic rings. The first-order valence-corrected chi connectivity index (χ1v) is 4.63. The zero-order chi connectivity index (χ0) is 9.97. The number of hydrogen-bond donors (Lipinski definition) is 2. The third-order valence-corrected chi connectivity index (χ3v) is 2.61. The van der Waals surface area contributed by atoms with E-state index in [9.17, 15) is 0 Å². The molecule has 0 aromatic carbocycles. The van der Waals surface area contributed by atoms with Crippen molar-refractivity contribution in [3.05, 3.63) is 23.9 Å². The third kappa shape index (κ3) is 1.54. The highest BCUT2D eigenvalue weighted by atomic mass is 14.9. The average molecular weight is 188 g/mol. The number of nitrogens with one attached hydrogen (secondary N) is 1. The van der Waals surface area contributed by atoms with Crippen LogP contribution in [0.2, 0.25) is 0 Å². The minimum absolute atomic E-state index is 0.0526. The lowest BCUT2D eigenvalue weighted by molar-refractivity contribution is 0.646. The summed E-state index contributed by atoms with van der Waals surface area (Å²) in [4.78, 5) is 3.94. The van der Waals surface area contributed by atoms with E-state index in [-0.39, 0.29) is 11.8 Å². The zero-order valence-electron chi connectivity index (χ0n) is 7.77. The van der Waals surface area contributed by atoms with Gasteiger partial charge in [-0.3, -0.25) is 0 Å². The van der Waals surface area contributed by atoms with E-state index in [0.717, 1.165) is 18.7 Å². The molecule has 0 spiro atoms. The van der Waals surface area contributed by atoms with Crippen LogP contribution >= 0.6 is 0 Å². The van der Waals surface area contributed by atoms with Gasteiger partial charge >= 0.3 is 0 Å². The van der Waals surface area contributed by atoms with Crippen LogP contribution < -0.4 is 11.1 Å². The number of aromatic nitrogens is 1. The Morgan fingerprint density at radius 1 is 1.57 bits per heavy atom. The number of nitrogen functional groups attached to an aromatic ring is 1. The molecule has 2 rings (SSSR count). The molecule has 2 heterocycles. The van der Waals surface area contributed by atoms with Gasteiger partial charge in [0.2, 0.25) is 0 Å². The van der Waals surface area contributed by atoms with Crippen molar-refractivity contribution in [3.8, 4) is 6.07 Å². The highest BCUT2D eigenvalue weighted by molar-refractivity contribution is 5.35. The number of nitriles is 1. The molecule has 72 valence electrons. The van der Waals surface area contributed by atoms with Gasteiger partial charge in [-0.1, -0.05) is 0 Å². The fraction of sp³-hybridized carbons (Fsp3) is 0.400. The van der Waals surface area contributed by atoms with Gasteiger partial charge in [-0.15, -0.1) is 0 Å². The van der Waals surface area contributed by atoms with Crippen LogP contribution in [0.15, 0.2) is 18.3 Å². The molecule has 1 saturated heterocycles. The molecule has 1 fully saturated rings. The largest absolute Gasteiger partial charge is 0.384 e. The maximum Gasteiger partial charge on any atom is 0.123 e. The van der Waals surface area contributed by atoms with E-state index in [0.29, 0.717) is 5.82 Å². The van der Waals surface area contributed by atoms with Gasteiger partial charge in [0.25, 0.3) is 0 Å². The second-order valence-electron chi connectivity index (χ2n) is 3.51. The number of nitrogens with zero attached hydrogens (tertiary/aromatic N) is 2. The van der Waals surface area contributed by atoms with Gasteiger partial charge in [0, 0.05) is 25.2 Å². The summed E-state index contributed by atoms with van der Waals surface area (Å²) in [6, 6.07) is 6.09. The maximum atomic E-state index is 8.93. The Morgan fingerprint density at radius 2 is 2.43 bits per heavy atom. The van der Waals surface area contributed by atoms with Crippen molar-refractivity contribution in [3.63, 3.8) is 0 Å². The Kier molecular flexibility index (Phi) is 2.33. The van der Waals surface area contributed by atoms with E-state index in [1.165, 1.54) is 0 Å². The lowest BCUT2D eigenvalue weighted by Crippen LogP contribution is -2.09. The quantitative estimate of drug-likeness (QED) is 0.672. The molecule has 1 aromatic rings. The van der Waals surface area contributed by atoms with E-state index in [4.69, 9.17) is 11.0 Å². The first kappa shape index (κ1) is 8.97. The Hall–Kier alpha value is -1.60. The minimum atomic E-state index is 0.0526. The zero-order valence-corrected chi connectivity index (χ0v) is 7.77. The van der Waals surface area contributed by atoms with Crippen molar-refractivity contribution in [2.75, 3.05) is 18.8 Å². The van der Waals surface area contributed by atoms with E-state index < -0.39 is 0 Å². The van der Waals surface area contributed by atoms with Gasteiger partial charge in [0.1, 0.15) is 5.82 Å². The topological polar surface area (TPSA) is 74.7 Å². The summed E-state index contributed by atoms with van der Waals surface area (Å²) in [5.41, 5.74) is 6.70. The Morgan fingerprint density at radius 3 is 3.14 bits per heavy atom. The fourth-order valence-corrected chi connectivity index (χ4v) is 1.86. The van der Waals surface area contributed by atoms with Crippen LogP contribution in [0.25, 0.3) is 0 Å². The van der Waals surface area contributed by atoms with Gasteiger partial charge < -0.3 is 11.1 Å². The number of nitrogens with two attached hydrogens (primary N) is 1. The van der Waals surface area contributed by atoms with Gasteiger partial charge in [0.05, 0.1) is 12.0 Å². The summed E-state index contributed by atoms with van der Waals surface area (Å²) >= 11 is 0. The van der Waals surface area contributed by atoms with Crippen LogP contribution in [-0.2, 0) is 0 Å². The van der Waals surface area contributed by atoms with E-state index >= 15 is 0 Å². The summed E-state index contributed by atoms with van der Waals surface area (Å²) in [5, 5.41) is 12.1. The number of rotatable bonds is 1. The van der Waals surface area contributed by atoms with Crippen LogP contribution in [0, 0.1) is 17.2 Å². The smallest absolute Gasteiger partial charge is 0.123 e. The summed E-state index contributed by atoms with van der Waals surface area (Å²) in [6.07, 6.45) is 1.69. The van der Waals surface area contributed by atoms with Crippen molar-refractivity contribution >= 4 is 5.82 Å². The van der Waals surface area contributed by atoms with Crippen LogP contribution in [0.5, 0.6) is 0 Å². The molecule has 0 radical (unpaired) electrons. The first-order valence-electron chi connectivity index (χ1n) is 4.63. The average Bonchev–Trinajstić information content (AvgIpc) is 2.65. The monoisotopic (exact) mass is 188 g/mol. The fourth-order valence-electron chi connectivity index (χ4n) is 1.86. The van der Waals surface area contributed by atoms with Gasteiger partial charge in [-0.25, -0.2) is 4.98 Å². The molecule has 3 N–H and O–H groups in total. The van der Waals surface area contributed by atoms with Crippen LogP contribution in [0.1, 0.15) is 11.5 Å². The third-order valence-electron chi connectivity index (χ3n) is 2.61. The molecular weight excluding hydrogens is 176 g/mol. The summed E-state index contributed by atoms with van der Waals surface area (Å²) < 4.78 is 0. The van der Waals surface area contributed by atoms with Crippen molar-refractivity contribution in [2.45, 2.75) is 5.92 Å². The number of pyridine rings is 1. The lowest BCUT2D eigenvalue weighted by atomic mass is 9.90. The molecular formula is C10H12N4. The summed E-state index contributed by atoms with van der Waals surface area (Å²) in [6.45, 7) is 1.62. The molecule has 0 aliphatic carbocycles. The molecule has 2 unspecified atom stereocenters. The van der Waals surface area contributed by atoms with Crippen molar-refractivity contribution in [1.29, 1.82) is 5.26 Å². The van der Waals surface area contributed by atoms with E-state index in [1.54, 1.807) is 6.20 Å². The highest BCUT2D eigenvalue weighted by Crippen LogP contribution is 2.27. The molecule has 4 heteroatoms. The maximum absolute atomic E-state index is 8.93. The van der Waals surface area contributed by atoms with E-state index in [1.807, 2.05) is 12.1 Å². The second kappa shape index (κ2) is 3.64. The Bertz CT molecular complexity index is 369. The molecule has 0 amide bonds. The minimum Gasteiger partial charge on any atom is -0.384 e. The molecule has 2 atom stereocenters. The molecule has 14 heavy (non-hydrogen) atoms. The first-order chi connectivity index (χ1) is 6.81. The highest BCUT2D eigenvalue weighted by Gasteiger charge is 2.28. The van der Waals surface area contributed by atoms with Crippen LogP contribution in [0.4, 0.5) is 5.82 Å². The van der Waals surface area contributed by atoms with E-state index in [2.05, 4.69) is 16.4 Å². The standard InChI is InChI=1S/C10H12N4/c11-4-8-5-13-6-9(8)7-1-2-14-10(12)3-7/h1-3,8-9,13H,5-6H2,(H2,12,14). The summed E-state index contributed by atoms with van der Waals surface area (Å²) in [7, 11) is 0. The summed E-state index contributed by atoms with van der Waals surface area (Å²) in [5.74, 6) is 0.827. The van der Waals surface area contributed by atoms with Gasteiger partial charge in [-0.2, -0.15) is 5.26 Å². The van der Waals surface area contributed by atoms with Crippen molar-refractivity contribution < 1.29 is 0 Å². The van der Waals surface area contributed by atoms with Crippen molar-refractivity contribution in [2.24, 2.45) is 5.92 Å². The normalized spacial score (nSPS) is 25.9. The molecule has 1 aliphatic heterocycles. The lowest BCUT2D eigenvalue weighted by Gasteiger charge is -2.12. The molecule has 0 saturated carbocycles. The number of anilines is 1. The van der Waals surface area contributed by atoms with Crippen molar-refractivity contribution in [1.82, 2.24) is 10.3 Å². The van der Waals surface area contributed by atoms with Gasteiger partial charge in [-0.05, 0) is 17.7 Å². The number of hydrogen-bond acceptors (Lipinski definition) is 4. The van der Waals surface area contributed by atoms with Crippen LogP contribution in [0.3, 0.4) is 0 Å². The molecule has 4 nitrogen and oxygen atoms in total. The van der Waals surface area contributed by atoms with Crippen LogP contribution in [-0.4, -0.2) is 18.1 Å². The Balaban J connectivity index is 2.27. The second-order valence-corrected chi connectivity index (χ2v) is 3.51. The van der Waals surface area contributed by atoms with Gasteiger partial charge in [0.15, 0.2) is 0 Å². The Labute approximate surface area is 82.8 Å². The predicted octanol–water partition coefficient (Wildman–Crippen LogP) is 0.490.